The second-order valence-electron chi connectivity index (χ2n) is 10.6. The van der Waals surface area contributed by atoms with Crippen LogP contribution in [0.25, 0.3) is 0 Å². The second-order valence-corrected chi connectivity index (χ2v) is 12.6. The number of nitrogens with one attached hydrogen (secondary N) is 1. The van der Waals surface area contributed by atoms with Gasteiger partial charge in [-0.25, -0.2) is 8.42 Å². The van der Waals surface area contributed by atoms with Crippen molar-refractivity contribution in [3.63, 3.8) is 0 Å². The normalized spacial score (nSPS) is 21.1. The van der Waals surface area contributed by atoms with Crippen molar-refractivity contribution in [3.8, 4) is 5.75 Å². The van der Waals surface area contributed by atoms with E-state index >= 15 is 0 Å². The molecule has 1 heterocycles. The quantitative estimate of drug-likeness (QED) is 0.529. The lowest BCUT2D eigenvalue weighted by molar-refractivity contribution is -0.134. The van der Waals surface area contributed by atoms with Crippen LogP contribution >= 0.6 is 0 Å². The van der Waals surface area contributed by atoms with Gasteiger partial charge in [-0.15, -0.1) is 0 Å². The molecule has 1 aliphatic heterocycles. The van der Waals surface area contributed by atoms with Gasteiger partial charge in [0.15, 0.2) is 0 Å². The number of amides is 2. The van der Waals surface area contributed by atoms with E-state index in [-0.39, 0.29) is 48.1 Å². The summed E-state index contributed by atoms with van der Waals surface area (Å²) >= 11 is 0. The van der Waals surface area contributed by atoms with Gasteiger partial charge >= 0.3 is 0 Å². The maximum Gasteiger partial charge on any atom is 0.242 e. The summed E-state index contributed by atoms with van der Waals surface area (Å²) in [4.78, 5) is 27.5. The molecule has 2 aromatic carbocycles. The van der Waals surface area contributed by atoms with Gasteiger partial charge in [0.25, 0.3) is 0 Å². The number of carbonyl (C=O) groups excluding carboxylic acids is 2. The summed E-state index contributed by atoms with van der Waals surface area (Å²) in [6, 6.07) is 11.5. The molecule has 2 aromatic rings. The number of ether oxygens (including phenoxy) is 1. The van der Waals surface area contributed by atoms with Crippen molar-refractivity contribution in [3.05, 3.63) is 53.6 Å². The average molecular weight is 544 g/mol. The molecule has 1 aliphatic carbocycles. The third-order valence-electron chi connectivity index (χ3n) is 7.30. The van der Waals surface area contributed by atoms with Crippen LogP contribution in [0.4, 0.5) is 5.69 Å². The molecule has 0 unspecified atom stereocenters. The Hall–Kier alpha value is -2.95. The van der Waals surface area contributed by atoms with Crippen LogP contribution < -0.4 is 10.1 Å². The standard InChI is InChI=1S/C28H37N3O6S/c1-18-5-10-24(11-6-18)38(35,36)30(4)16-26-19(2)15-31(20(3)17-32)27(33)14-22-13-23(9-12-25(22)37-26)29-28(34)21-7-8-21/h5-6,9-13,19-21,26,32H,7-8,14-17H2,1-4H3,(H,29,34)/t19-,20+,26+/m1/s1. The van der Waals surface area contributed by atoms with Crippen molar-refractivity contribution in [2.24, 2.45) is 11.8 Å². The first-order chi connectivity index (χ1) is 18.0. The molecule has 1 fully saturated rings. The maximum atomic E-state index is 13.3. The lowest BCUT2D eigenvalue weighted by atomic mass is 10.0. The number of likely N-dealkylation sites (N-methyl/N-ethyl adjacent to an activating group) is 1. The fraction of sp³-hybridized carbons (Fsp3) is 0.500. The molecule has 0 bridgehead atoms. The molecule has 0 aromatic heterocycles. The number of anilines is 1. The predicted molar refractivity (Wildman–Crippen MR) is 144 cm³/mol. The number of sulfonamides is 1. The Morgan fingerprint density at radius 1 is 1.21 bits per heavy atom. The van der Waals surface area contributed by atoms with Crippen molar-refractivity contribution in [1.29, 1.82) is 0 Å². The first-order valence-corrected chi connectivity index (χ1v) is 14.5. The summed E-state index contributed by atoms with van der Waals surface area (Å²) in [7, 11) is -2.25. The second kappa shape index (κ2) is 11.4. The monoisotopic (exact) mass is 543 g/mol. The Morgan fingerprint density at radius 2 is 1.89 bits per heavy atom. The number of carbonyl (C=O) groups is 2. The molecular weight excluding hydrogens is 506 g/mol. The largest absolute Gasteiger partial charge is 0.488 e. The molecule has 2 aliphatic rings. The van der Waals surface area contributed by atoms with Crippen LogP contribution in [-0.4, -0.2) is 73.4 Å². The van der Waals surface area contributed by atoms with E-state index in [0.717, 1.165) is 18.4 Å². The van der Waals surface area contributed by atoms with Gasteiger partial charge in [0.2, 0.25) is 21.8 Å². The maximum absolute atomic E-state index is 13.3. The number of hydrogen-bond acceptors (Lipinski definition) is 6. The van der Waals surface area contributed by atoms with Crippen LogP contribution in [-0.2, 0) is 26.0 Å². The molecule has 3 atom stereocenters. The minimum absolute atomic E-state index is 0.0315. The van der Waals surface area contributed by atoms with Gasteiger partial charge in [-0.3, -0.25) is 9.59 Å². The van der Waals surface area contributed by atoms with Crippen molar-refractivity contribution >= 4 is 27.5 Å². The first kappa shape index (κ1) is 28.1. The molecule has 206 valence electrons. The Balaban J connectivity index is 1.64. The van der Waals surface area contributed by atoms with Crippen molar-refractivity contribution < 1.29 is 27.9 Å². The van der Waals surface area contributed by atoms with Gasteiger partial charge in [-0.1, -0.05) is 24.6 Å². The SMILES string of the molecule is Cc1ccc(S(=O)(=O)N(C)C[C@@H]2Oc3ccc(NC(=O)C4CC4)cc3CC(=O)N([C@@H](C)CO)C[C@H]2C)cc1. The minimum Gasteiger partial charge on any atom is -0.488 e. The number of nitrogens with zero attached hydrogens (tertiary/aromatic N) is 2. The molecule has 9 nitrogen and oxygen atoms in total. The smallest absolute Gasteiger partial charge is 0.242 e. The van der Waals surface area contributed by atoms with E-state index in [1.807, 2.05) is 13.8 Å². The van der Waals surface area contributed by atoms with Gasteiger partial charge in [0.05, 0.1) is 30.5 Å². The van der Waals surface area contributed by atoms with Gasteiger partial charge < -0.3 is 20.1 Å². The molecule has 0 spiro atoms. The van der Waals surface area contributed by atoms with Crippen LogP contribution in [0.15, 0.2) is 47.4 Å². The Kier molecular flexibility index (Phi) is 8.44. The van der Waals surface area contributed by atoms with Gasteiger partial charge in [-0.2, -0.15) is 4.31 Å². The summed E-state index contributed by atoms with van der Waals surface area (Å²) < 4.78 is 34.3. The number of benzene rings is 2. The number of hydrogen-bond donors (Lipinski definition) is 2. The third-order valence-corrected chi connectivity index (χ3v) is 9.14. The summed E-state index contributed by atoms with van der Waals surface area (Å²) in [5.41, 5.74) is 2.15. The topological polar surface area (TPSA) is 116 Å². The van der Waals surface area contributed by atoms with Crippen LogP contribution in [0.5, 0.6) is 5.75 Å². The van der Waals surface area contributed by atoms with Crippen molar-refractivity contribution in [2.45, 2.75) is 57.1 Å². The lowest BCUT2D eigenvalue weighted by Gasteiger charge is -2.33. The fourth-order valence-electron chi connectivity index (χ4n) is 4.56. The molecule has 4 rings (SSSR count). The number of aliphatic hydroxyl groups is 1. The summed E-state index contributed by atoms with van der Waals surface area (Å²) in [5.74, 6) is 0.0544. The van der Waals surface area contributed by atoms with E-state index < -0.39 is 22.2 Å². The number of aryl methyl sites for hydroxylation is 1. The molecule has 0 saturated heterocycles. The Bertz CT molecular complexity index is 1280. The third kappa shape index (κ3) is 6.36. The van der Waals surface area contributed by atoms with E-state index in [4.69, 9.17) is 4.74 Å². The zero-order chi connectivity index (χ0) is 27.6. The summed E-state index contributed by atoms with van der Waals surface area (Å²) in [5, 5.41) is 12.7. The number of aliphatic hydroxyl groups excluding tert-OH is 1. The number of fused-ring (bicyclic) bond motifs is 1. The van der Waals surface area contributed by atoms with Gasteiger partial charge in [0.1, 0.15) is 11.9 Å². The molecule has 0 radical (unpaired) electrons. The Morgan fingerprint density at radius 3 is 2.53 bits per heavy atom. The number of rotatable bonds is 8. The van der Waals surface area contributed by atoms with Crippen molar-refractivity contribution in [2.75, 3.05) is 32.1 Å². The van der Waals surface area contributed by atoms with E-state index in [0.29, 0.717) is 23.5 Å². The highest BCUT2D eigenvalue weighted by atomic mass is 32.2. The van der Waals surface area contributed by atoms with E-state index in [1.165, 1.54) is 11.4 Å². The molecular formula is C28H37N3O6S. The Labute approximate surface area is 224 Å². The van der Waals surface area contributed by atoms with E-state index in [9.17, 15) is 23.1 Å². The molecule has 38 heavy (non-hydrogen) atoms. The minimum atomic E-state index is -3.77. The highest BCUT2D eigenvalue weighted by molar-refractivity contribution is 7.89. The summed E-state index contributed by atoms with van der Waals surface area (Å²) in [6.45, 7) is 5.75. The lowest BCUT2D eigenvalue weighted by Crippen LogP contribution is -2.48. The van der Waals surface area contributed by atoms with Crippen LogP contribution in [0.3, 0.4) is 0 Å². The highest BCUT2D eigenvalue weighted by Crippen LogP contribution is 2.33. The molecule has 2 N–H and O–H groups in total. The van der Waals surface area contributed by atoms with Crippen LogP contribution in [0.2, 0.25) is 0 Å². The molecule has 2 amide bonds. The zero-order valence-electron chi connectivity index (χ0n) is 22.4. The van der Waals surface area contributed by atoms with Crippen molar-refractivity contribution in [1.82, 2.24) is 9.21 Å². The highest BCUT2D eigenvalue weighted by Gasteiger charge is 2.34. The van der Waals surface area contributed by atoms with Crippen LogP contribution in [0, 0.1) is 18.8 Å². The van der Waals surface area contributed by atoms with E-state index in [2.05, 4.69) is 5.32 Å². The van der Waals surface area contributed by atoms with Gasteiger partial charge in [-0.05, 0) is 57.0 Å². The fourth-order valence-corrected chi connectivity index (χ4v) is 5.74. The van der Waals surface area contributed by atoms with Crippen LogP contribution in [0.1, 0.15) is 37.8 Å². The van der Waals surface area contributed by atoms with Gasteiger partial charge in [0, 0.05) is 36.7 Å². The molecule has 10 heteroatoms. The van der Waals surface area contributed by atoms with E-state index in [1.54, 1.807) is 54.3 Å². The first-order valence-electron chi connectivity index (χ1n) is 13.0. The predicted octanol–water partition coefficient (Wildman–Crippen LogP) is 2.81. The molecule has 1 saturated carbocycles. The average Bonchev–Trinajstić information content (AvgIpc) is 3.72. The zero-order valence-corrected chi connectivity index (χ0v) is 23.2. The summed E-state index contributed by atoms with van der Waals surface area (Å²) in [6.07, 6.45) is 1.21.